The molecule has 1 amide bonds. The van der Waals surface area contributed by atoms with E-state index in [0.717, 1.165) is 5.56 Å². The summed E-state index contributed by atoms with van der Waals surface area (Å²) in [6.45, 7) is 1.09. The van der Waals surface area contributed by atoms with E-state index in [-0.39, 0.29) is 5.91 Å². The fraction of sp³-hybridized carbons (Fsp3) is 0.500. The van der Waals surface area contributed by atoms with Crippen molar-refractivity contribution in [2.24, 2.45) is 0 Å². The van der Waals surface area contributed by atoms with Crippen LogP contribution in [0.5, 0.6) is 11.5 Å². The molecular weight excluding hydrogens is 246 g/mol. The van der Waals surface area contributed by atoms with Gasteiger partial charge in [-0.25, -0.2) is 0 Å². The number of amides is 1. The lowest BCUT2D eigenvalue weighted by Crippen LogP contribution is -2.17. The van der Waals surface area contributed by atoms with Gasteiger partial charge < -0.3 is 19.9 Å². The SMILES string of the molecule is CNC(=O)CCCC(O)c1ccc2c(c1)OCCO2. The van der Waals surface area contributed by atoms with E-state index in [1.54, 1.807) is 13.1 Å². The van der Waals surface area contributed by atoms with Gasteiger partial charge in [-0.3, -0.25) is 4.79 Å². The molecule has 5 heteroatoms. The molecule has 1 heterocycles. The Bertz CT molecular complexity index is 447. The quantitative estimate of drug-likeness (QED) is 0.844. The summed E-state index contributed by atoms with van der Waals surface area (Å²) >= 11 is 0. The summed E-state index contributed by atoms with van der Waals surface area (Å²) < 4.78 is 10.9. The Kier molecular flexibility index (Phi) is 4.63. The van der Waals surface area contributed by atoms with E-state index in [2.05, 4.69) is 5.32 Å². The Morgan fingerprint density at radius 3 is 2.84 bits per heavy atom. The van der Waals surface area contributed by atoms with Crippen LogP contribution in [-0.4, -0.2) is 31.3 Å². The molecule has 1 aliphatic rings. The summed E-state index contributed by atoms with van der Waals surface area (Å²) in [5.41, 5.74) is 0.793. The standard InChI is InChI=1S/C14H19NO4/c1-15-14(17)4-2-3-11(16)10-5-6-12-13(9-10)19-8-7-18-12/h5-6,9,11,16H,2-4,7-8H2,1H3,(H,15,17). The van der Waals surface area contributed by atoms with Crippen LogP contribution in [0.1, 0.15) is 30.9 Å². The third-order valence-corrected chi connectivity index (χ3v) is 3.11. The monoisotopic (exact) mass is 265 g/mol. The number of nitrogens with one attached hydrogen (secondary N) is 1. The number of ether oxygens (including phenoxy) is 2. The van der Waals surface area contributed by atoms with Gasteiger partial charge in [-0.05, 0) is 30.5 Å². The summed E-state index contributed by atoms with van der Waals surface area (Å²) in [6, 6.07) is 5.45. The molecular formula is C14H19NO4. The summed E-state index contributed by atoms with van der Waals surface area (Å²) in [4.78, 5) is 11.1. The summed E-state index contributed by atoms with van der Waals surface area (Å²) in [7, 11) is 1.61. The topological polar surface area (TPSA) is 67.8 Å². The molecule has 0 fully saturated rings. The van der Waals surface area contributed by atoms with Crippen molar-refractivity contribution in [3.05, 3.63) is 23.8 Å². The van der Waals surface area contributed by atoms with Crippen LogP contribution >= 0.6 is 0 Å². The van der Waals surface area contributed by atoms with Gasteiger partial charge in [0.2, 0.25) is 5.91 Å². The average Bonchev–Trinajstić information content (AvgIpc) is 2.46. The van der Waals surface area contributed by atoms with Crippen LogP contribution in [0.4, 0.5) is 0 Å². The first-order valence-corrected chi connectivity index (χ1v) is 6.49. The smallest absolute Gasteiger partial charge is 0.219 e. The van der Waals surface area contributed by atoms with E-state index in [1.807, 2.05) is 12.1 Å². The minimum absolute atomic E-state index is 0.00521. The highest BCUT2D eigenvalue weighted by molar-refractivity contribution is 5.75. The Labute approximate surface area is 112 Å². The molecule has 1 aromatic carbocycles. The minimum Gasteiger partial charge on any atom is -0.486 e. The highest BCUT2D eigenvalue weighted by Crippen LogP contribution is 2.33. The summed E-state index contributed by atoms with van der Waals surface area (Å²) in [5.74, 6) is 1.39. The average molecular weight is 265 g/mol. The molecule has 1 aromatic rings. The van der Waals surface area contributed by atoms with Gasteiger partial charge in [0.25, 0.3) is 0 Å². The normalized spacial score (nSPS) is 14.8. The van der Waals surface area contributed by atoms with Crippen molar-refractivity contribution < 1.29 is 19.4 Å². The Morgan fingerprint density at radius 1 is 1.37 bits per heavy atom. The number of fused-ring (bicyclic) bond motifs is 1. The number of benzene rings is 1. The lowest BCUT2D eigenvalue weighted by Gasteiger charge is -2.20. The van der Waals surface area contributed by atoms with E-state index in [0.29, 0.717) is 44.0 Å². The lowest BCUT2D eigenvalue weighted by molar-refractivity contribution is -0.120. The molecule has 0 saturated carbocycles. The summed E-state index contributed by atoms with van der Waals surface area (Å²) in [5, 5.41) is 12.6. The van der Waals surface area contributed by atoms with E-state index in [1.165, 1.54) is 0 Å². The van der Waals surface area contributed by atoms with Crippen molar-refractivity contribution in [3.8, 4) is 11.5 Å². The lowest BCUT2D eigenvalue weighted by atomic mass is 10.0. The van der Waals surface area contributed by atoms with Gasteiger partial charge in [-0.1, -0.05) is 6.07 Å². The van der Waals surface area contributed by atoms with Crippen LogP contribution in [0.3, 0.4) is 0 Å². The second kappa shape index (κ2) is 6.43. The molecule has 5 nitrogen and oxygen atoms in total. The third kappa shape index (κ3) is 3.61. The van der Waals surface area contributed by atoms with Crippen LogP contribution in [0, 0.1) is 0 Å². The molecule has 1 unspecified atom stereocenters. The summed E-state index contributed by atoms with van der Waals surface area (Å²) in [6.07, 6.45) is 1.04. The predicted octanol–water partition coefficient (Wildman–Crippen LogP) is 1.41. The van der Waals surface area contributed by atoms with Gasteiger partial charge in [-0.15, -0.1) is 0 Å². The fourth-order valence-corrected chi connectivity index (χ4v) is 2.01. The molecule has 0 saturated heterocycles. The maximum absolute atomic E-state index is 11.1. The molecule has 0 radical (unpaired) electrons. The first-order valence-electron chi connectivity index (χ1n) is 6.49. The number of hydrogen-bond donors (Lipinski definition) is 2. The molecule has 1 atom stereocenters. The van der Waals surface area contributed by atoms with E-state index in [4.69, 9.17) is 9.47 Å². The van der Waals surface area contributed by atoms with Gasteiger partial charge in [0.15, 0.2) is 11.5 Å². The first-order chi connectivity index (χ1) is 9.20. The molecule has 19 heavy (non-hydrogen) atoms. The van der Waals surface area contributed by atoms with Crippen molar-refractivity contribution in [1.82, 2.24) is 5.32 Å². The van der Waals surface area contributed by atoms with Crippen LogP contribution < -0.4 is 14.8 Å². The number of carbonyl (C=O) groups is 1. The van der Waals surface area contributed by atoms with Crippen molar-refractivity contribution in [2.75, 3.05) is 20.3 Å². The number of aliphatic hydroxyl groups excluding tert-OH is 1. The molecule has 104 valence electrons. The van der Waals surface area contributed by atoms with Gasteiger partial charge >= 0.3 is 0 Å². The van der Waals surface area contributed by atoms with Crippen LogP contribution in [0.15, 0.2) is 18.2 Å². The maximum atomic E-state index is 11.1. The molecule has 0 aliphatic carbocycles. The molecule has 0 spiro atoms. The predicted molar refractivity (Wildman–Crippen MR) is 70.3 cm³/mol. The zero-order chi connectivity index (χ0) is 13.7. The number of rotatable bonds is 5. The van der Waals surface area contributed by atoms with Crippen LogP contribution in [0.2, 0.25) is 0 Å². The Morgan fingerprint density at radius 2 is 2.11 bits per heavy atom. The maximum Gasteiger partial charge on any atom is 0.219 e. The van der Waals surface area contributed by atoms with Gasteiger partial charge in [-0.2, -0.15) is 0 Å². The Balaban J connectivity index is 1.91. The van der Waals surface area contributed by atoms with E-state index >= 15 is 0 Å². The molecule has 0 aromatic heterocycles. The highest BCUT2D eigenvalue weighted by Gasteiger charge is 2.15. The van der Waals surface area contributed by atoms with Crippen molar-refractivity contribution >= 4 is 5.91 Å². The van der Waals surface area contributed by atoms with E-state index < -0.39 is 6.10 Å². The second-order valence-electron chi connectivity index (χ2n) is 4.48. The fourth-order valence-electron chi connectivity index (χ4n) is 2.01. The number of carbonyl (C=O) groups excluding carboxylic acids is 1. The largest absolute Gasteiger partial charge is 0.486 e. The first kappa shape index (κ1) is 13.7. The molecule has 1 aliphatic heterocycles. The van der Waals surface area contributed by atoms with Gasteiger partial charge in [0, 0.05) is 13.5 Å². The molecule has 2 N–H and O–H groups in total. The molecule has 2 rings (SSSR count). The van der Waals surface area contributed by atoms with Crippen molar-refractivity contribution in [1.29, 1.82) is 0 Å². The van der Waals surface area contributed by atoms with Crippen LogP contribution in [0.25, 0.3) is 0 Å². The number of aliphatic hydroxyl groups is 1. The van der Waals surface area contributed by atoms with Crippen molar-refractivity contribution in [2.45, 2.75) is 25.4 Å². The highest BCUT2D eigenvalue weighted by atomic mass is 16.6. The second-order valence-corrected chi connectivity index (χ2v) is 4.48. The van der Waals surface area contributed by atoms with E-state index in [9.17, 15) is 9.90 Å². The zero-order valence-electron chi connectivity index (χ0n) is 11.0. The Hall–Kier alpha value is -1.75. The minimum atomic E-state index is -0.583. The van der Waals surface area contributed by atoms with Crippen molar-refractivity contribution in [3.63, 3.8) is 0 Å². The number of hydrogen-bond acceptors (Lipinski definition) is 4. The third-order valence-electron chi connectivity index (χ3n) is 3.11. The molecule has 0 bridgehead atoms. The van der Waals surface area contributed by atoms with Gasteiger partial charge in [0.05, 0.1) is 6.10 Å². The van der Waals surface area contributed by atoms with Gasteiger partial charge in [0.1, 0.15) is 13.2 Å². The zero-order valence-corrected chi connectivity index (χ0v) is 11.0. The van der Waals surface area contributed by atoms with Crippen LogP contribution in [-0.2, 0) is 4.79 Å².